The zero-order valence-corrected chi connectivity index (χ0v) is 12.2. The average Bonchev–Trinajstić information content (AvgIpc) is 2.57. The molecule has 0 radical (unpaired) electrons. The number of carbonyl (C=O) groups excluding carboxylic acids is 4. The van der Waals surface area contributed by atoms with Crippen molar-refractivity contribution in [3.63, 3.8) is 0 Å². The number of amides is 2. The van der Waals surface area contributed by atoms with Gasteiger partial charge in [0.2, 0.25) is 0 Å². The minimum absolute atomic E-state index is 0.204. The lowest BCUT2D eigenvalue weighted by atomic mass is 9.84. The van der Waals surface area contributed by atoms with Gasteiger partial charge in [-0.2, -0.15) is 0 Å². The highest BCUT2D eigenvalue weighted by Crippen LogP contribution is 2.29. The van der Waals surface area contributed by atoms with Crippen molar-refractivity contribution in [3.05, 3.63) is 64.7 Å². The molecular formula is C17H12N2O4. The third kappa shape index (κ3) is 2.20. The summed E-state index contributed by atoms with van der Waals surface area (Å²) < 4.78 is 0. The number of hydrogen-bond acceptors (Lipinski definition) is 4. The Morgan fingerprint density at radius 1 is 0.870 bits per heavy atom. The Kier molecular flexibility index (Phi) is 3.29. The summed E-state index contributed by atoms with van der Waals surface area (Å²) in [5.41, 5.74) is 6.45. The molecule has 1 aliphatic rings. The largest absolute Gasteiger partial charge is 0.361 e. The molecule has 6 nitrogen and oxygen atoms in total. The fourth-order valence-electron chi connectivity index (χ4n) is 2.58. The molecule has 6 heteroatoms. The summed E-state index contributed by atoms with van der Waals surface area (Å²) >= 11 is 0. The van der Waals surface area contributed by atoms with Crippen molar-refractivity contribution >= 4 is 29.1 Å². The molecule has 0 aliphatic heterocycles. The maximum absolute atomic E-state index is 12.6. The number of fused-ring (bicyclic) bond motifs is 2. The van der Waals surface area contributed by atoms with Gasteiger partial charge in [0.05, 0.1) is 0 Å². The second-order valence-electron chi connectivity index (χ2n) is 5.16. The van der Waals surface area contributed by atoms with Gasteiger partial charge in [0, 0.05) is 35.0 Å². The van der Waals surface area contributed by atoms with Crippen LogP contribution in [0.3, 0.4) is 0 Å². The molecule has 3 rings (SSSR count). The number of primary amides is 1. The van der Waals surface area contributed by atoms with Crippen LogP contribution in [0.2, 0.25) is 0 Å². The van der Waals surface area contributed by atoms with Crippen LogP contribution >= 0.6 is 0 Å². The first kappa shape index (κ1) is 14.6. The van der Waals surface area contributed by atoms with Crippen molar-refractivity contribution in [1.82, 2.24) is 0 Å². The molecule has 0 heterocycles. The van der Waals surface area contributed by atoms with E-state index >= 15 is 0 Å². The van der Waals surface area contributed by atoms with Crippen LogP contribution in [0.5, 0.6) is 0 Å². The zero-order valence-electron chi connectivity index (χ0n) is 12.2. The van der Waals surface area contributed by atoms with Crippen molar-refractivity contribution in [1.29, 1.82) is 0 Å². The second kappa shape index (κ2) is 5.17. The van der Waals surface area contributed by atoms with Gasteiger partial charge in [0.15, 0.2) is 11.6 Å². The monoisotopic (exact) mass is 308 g/mol. The van der Waals surface area contributed by atoms with Gasteiger partial charge in [-0.3, -0.25) is 19.2 Å². The van der Waals surface area contributed by atoms with Crippen LogP contribution in [0.1, 0.15) is 31.8 Å². The third-order valence-corrected chi connectivity index (χ3v) is 3.81. The van der Waals surface area contributed by atoms with E-state index in [-0.39, 0.29) is 22.7 Å². The smallest absolute Gasteiger partial charge is 0.315 e. The molecule has 0 saturated carbocycles. The highest BCUT2D eigenvalue weighted by Gasteiger charge is 2.30. The lowest BCUT2D eigenvalue weighted by Crippen LogP contribution is -2.37. The minimum Gasteiger partial charge on any atom is -0.361 e. The van der Waals surface area contributed by atoms with Gasteiger partial charge in [-0.1, -0.05) is 24.3 Å². The molecule has 0 spiro atoms. The lowest BCUT2D eigenvalue weighted by Gasteiger charge is -2.21. The van der Waals surface area contributed by atoms with Crippen LogP contribution in [0.4, 0.5) is 5.69 Å². The Morgan fingerprint density at radius 2 is 1.39 bits per heavy atom. The van der Waals surface area contributed by atoms with E-state index in [1.165, 1.54) is 25.2 Å². The molecule has 0 fully saturated rings. The Morgan fingerprint density at radius 3 is 1.96 bits per heavy atom. The number of carbonyl (C=O) groups is 4. The SMILES string of the molecule is CN(C(=O)C(N)=O)c1ccc2c(c1)C(=O)c1ccccc1C2=O. The van der Waals surface area contributed by atoms with Gasteiger partial charge in [0.1, 0.15) is 0 Å². The summed E-state index contributed by atoms with van der Waals surface area (Å²) in [6.45, 7) is 0. The first-order valence-electron chi connectivity index (χ1n) is 6.81. The zero-order chi connectivity index (χ0) is 16.7. The predicted octanol–water partition coefficient (Wildman–Crippen LogP) is 0.910. The van der Waals surface area contributed by atoms with E-state index in [1.54, 1.807) is 24.3 Å². The van der Waals surface area contributed by atoms with Gasteiger partial charge in [0.25, 0.3) is 0 Å². The molecule has 0 bridgehead atoms. The van der Waals surface area contributed by atoms with Gasteiger partial charge in [-0.05, 0) is 18.2 Å². The van der Waals surface area contributed by atoms with E-state index in [9.17, 15) is 19.2 Å². The van der Waals surface area contributed by atoms with Crippen LogP contribution < -0.4 is 10.6 Å². The van der Waals surface area contributed by atoms with E-state index in [0.29, 0.717) is 16.8 Å². The number of ketones is 2. The Hall–Kier alpha value is -3.28. The van der Waals surface area contributed by atoms with Crippen molar-refractivity contribution in [2.75, 3.05) is 11.9 Å². The molecule has 0 atom stereocenters. The predicted molar refractivity (Wildman–Crippen MR) is 82.4 cm³/mol. The van der Waals surface area contributed by atoms with E-state index in [0.717, 1.165) is 4.90 Å². The molecule has 0 aromatic heterocycles. The van der Waals surface area contributed by atoms with Crippen molar-refractivity contribution in [2.45, 2.75) is 0 Å². The van der Waals surface area contributed by atoms with E-state index < -0.39 is 11.8 Å². The second-order valence-corrected chi connectivity index (χ2v) is 5.16. The molecule has 1 aliphatic carbocycles. The molecule has 0 saturated heterocycles. The van der Waals surface area contributed by atoms with Crippen molar-refractivity contribution in [2.24, 2.45) is 5.73 Å². The third-order valence-electron chi connectivity index (χ3n) is 3.81. The van der Waals surface area contributed by atoms with Crippen LogP contribution in [0.15, 0.2) is 42.5 Å². The van der Waals surface area contributed by atoms with Crippen molar-refractivity contribution in [3.8, 4) is 0 Å². The topological polar surface area (TPSA) is 97.5 Å². The Labute approximate surface area is 131 Å². The fourth-order valence-corrected chi connectivity index (χ4v) is 2.58. The number of likely N-dealkylation sites (N-methyl/N-ethyl adjacent to an activating group) is 1. The lowest BCUT2D eigenvalue weighted by molar-refractivity contribution is -0.135. The molecule has 2 aromatic carbocycles. The van der Waals surface area contributed by atoms with E-state index in [2.05, 4.69) is 0 Å². The Balaban J connectivity index is 2.11. The molecule has 2 amide bonds. The van der Waals surface area contributed by atoms with Gasteiger partial charge >= 0.3 is 11.8 Å². The first-order chi connectivity index (χ1) is 10.9. The van der Waals surface area contributed by atoms with Crippen LogP contribution in [0, 0.1) is 0 Å². The van der Waals surface area contributed by atoms with Gasteiger partial charge in [-0.25, -0.2) is 0 Å². The van der Waals surface area contributed by atoms with Crippen LogP contribution in [-0.2, 0) is 9.59 Å². The summed E-state index contributed by atoms with van der Waals surface area (Å²) in [7, 11) is 1.37. The molecule has 114 valence electrons. The van der Waals surface area contributed by atoms with E-state index in [4.69, 9.17) is 5.73 Å². The summed E-state index contributed by atoms with van der Waals surface area (Å²) in [6.07, 6.45) is 0. The number of hydrogen-bond donors (Lipinski definition) is 1. The summed E-state index contributed by atoms with van der Waals surface area (Å²) in [6, 6.07) is 11.0. The number of benzene rings is 2. The molecule has 23 heavy (non-hydrogen) atoms. The maximum Gasteiger partial charge on any atom is 0.315 e. The van der Waals surface area contributed by atoms with Gasteiger partial charge in [-0.15, -0.1) is 0 Å². The van der Waals surface area contributed by atoms with Crippen LogP contribution in [0.25, 0.3) is 0 Å². The quantitative estimate of drug-likeness (QED) is 0.676. The number of rotatable bonds is 1. The maximum atomic E-state index is 12.6. The summed E-state index contributed by atoms with van der Waals surface area (Å²) in [5.74, 6) is -2.54. The normalized spacial score (nSPS) is 12.4. The highest BCUT2D eigenvalue weighted by molar-refractivity contribution is 6.39. The highest BCUT2D eigenvalue weighted by atomic mass is 16.2. The minimum atomic E-state index is -1.10. The number of nitrogens with zero attached hydrogens (tertiary/aromatic N) is 1. The average molecular weight is 308 g/mol. The first-order valence-corrected chi connectivity index (χ1v) is 6.81. The standard InChI is InChI=1S/C17H12N2O4/c1-19(17(23)16(18)22)9-6-7-12-13(8-9)15(21)11-5-3-2-4-10(11)14(12)20/h2-8H,1H3,(H2,18,22). The summed E-state index contributed by atoms with van der Waals surface area (Å²) in [4.78, 5) is 48.7. The molecule has 2 aromatic rings. The summed E-state index contributed by atoms with van der Waals surface area (Å²) in [5, 5.41) is 0. The van der Waals surface area contributed by atoms with Crippen LogP contribution in [-0.4, -0.2) is 30.4 Å². The number of anilines is 1. The number of nitrogens with two attached hydrogens (primary N) is 1. The fraction of sp³-hybridized carbons (Fsp3) is 0.0588. The molecule has 2 N–H and O–H groups in total. The Bertz CT molecular complexity index is 886. The van der Waals surface area contributed by atoms with E-state index in [1.807, 2.05) is 0 Å². The molecular weight excluding hydrogens is 296 g/mol. The van der Waals surface area contributed by atoms with Crippen molar-refractivity contribution < 1.29 is 19.2 Å². The molecule has 0 unspecified atom stereocenters. The van der Waals surface area contributed by atoms with Gasteiger partial charge < -0.3 is 10.6 Å².